The van der Waals surface area contributed by atoms with Crippen LogP contribution < -0.4 is 11.0 Å². The number of aromatic nitrogens is 2. The minimum Gasteiger partial charge on any atom is -0.457 e. The van der Waals surface area contributed by atoms with Crippen molar-refractivity contribution < 1.29 is 14.3 Å². The first-order chi connectivity index (χ1) is 12.8. The molecule has 2 heterocycles. The lowest BCUT2D eigenvalue weighted by molar-refractivity contribution is -0.148. The number of nitrogens with zero attached hydrogens (tertiary/aromatic N) is 2. The molecular weight excluding hydrogens is 346 g/mol. The lowest BCUT2D eigenvalue weighted by atomic mass is 10.1. The predicted molar refractivity (Wildman–Crippen MR) is 104 cm³/mol. The Morgan fingerprint density at radius 2 is 2.11 bits per heavy atom. The Balaban J connectivity index is 1.91. The number of hydrogen-bond acceptors (Lipinski definition) is 5. The van der Waals surface area contributed by atoms with E-state index in [-0.39, 0.29) is 11.9 Å². The molecule has 3 rings (SSSR count). The van der Waals surface area contributed by atoms with Gasteiger partial charge in [-0.25, -0.2) is 9.59 Å². The quantitative estimate of drug-likeness (QED) is 0.661. The first-order valence-electron chi connectivity index (χ1n) is 9.20. The van der Waals surface area contributed by atoms with E-state index in [0.29, 0.717) is 6.73 Å². The second kappa shape index (κ2) is 7.70. The molecular formula is C20H27N3O4. The molecule has 2 aromatic rings. The number of carbonyl (C=O) groups excluding carboxylic acids is 1. The van der Waals surface area contributed by atoms with Gasteiger partial charge in [0.2, 0.25) is 0 Å². The van der Waals surface area contributed by atoms with Crippen molar-refractivity contribution in [1.29, 1.82) is 0 Å². The van der Waals surface area contributed by atoms with Gasteiger partial charge in [-0.05, 0) is 63.9 Å². The fraction of sp³-hybridized carbons (Fsp3) is 0.500. The third-order valence-corrected chi connectivity index (χ3v) is 4.40. The van der Waals surface area contributed by atoms with Gasteiger partial charge in [-0.2, -0.15) is 0 Å². The normalized spacial score (nSPS) is 18.7. The first kappa shape index (κ1) is 19.4. The van der Waals surface area contributed by atoms with E-state index in [9.17, 15) is 9.59 Å². The van der Waals surface area contributed by atoms with Crippen LogP contribution >= 0.6 is 0 Å². The molecule has 0 radical (unpaired) electrons. The van der Waals surface area contributed by atoms with Gasteiger partial charge in [-0.15, -0.1) is 0 Å². The monoisotopic (exact) mass is 373 g/mol. The van der Waals surface area contributed by atoms with Gasteiger partial charge in [0.25, 0.3) is 0 Å². The third kappa shape index (κ3) is 4.48. The molecule has 1 N–H and O–H groups in total. The SMILES string of the molecule is Cn1c(=O)n(C2CCCNCO2)c2ccc(/C=C/C(=O)OC(C)(C)C)cc21. The first-order valence-corrected chi connectivity index (χ1v) is 9.20. The zero-order valence-electron chi connectivity index (χ0n) is 16.3. The summed E-state index contributed by atoms with van der Waals surface area (Å²) in [6, 6.07) is 5.67. The molecule has 0 aliphatic carbocycles. The van der Waals surface area contributed by atoms with Crippen LogP contribution in [0.25, 0.3) is 17.1 Å². The number of ether oxygens (including phenoxy) is 2. The molecule has 1 atom stereocenters. The van der Waals surface area contributed by atoms with Crippen LogP contribution in [0.15, 0.2) is 29.1 Å². The van der Waals surface area contributed by atoms with E-state index in [1.807, 2.05) is 39.0 Å². The lowest BCUT2D eigenvalue weighted by Gasteiger charge is -2.17. The third-order valence-electron chi connectivity index (χ3n) is 4.40. The van der Waals surface area contributed by atoms with Gasteiger partial charge in [-0.3, -0.25) is 14.5 Å². The van der Waals surface area contributed by atoms with Gasteiger partial charge in [-0.1, -0.05) is 6.07 Å². The minimum absolute atomic E-state index is 0.106. The number of fused-ring (bicyclic) bond motifs is 1. The molecule has 0 spiro atoms. The lowest BCUT2D eigenvalue weighted by Crippen LogP contribution is -2.28. The molecule has 1 aliphatic rings. The van der Waals surface area contributed by atoms with Gasteiger partial charge < -0.3 is 9.47 Å². The summed E-state index contributed by atoms with van der Waals surface area (Å²) in [5.41, 5.74) is 1.81. The van der Waals surface area contributed by atoms with Crippen molar-refractivity contribution in [3.63, 3.8) is 0 Å². The number of rotatable bonds is 3. The standard InChI is InChI=1S/C20H27N3O4/c1-20(2,3)27-18(24)10-8-14-7-9-15-16(12-14)22(4)19(25)23(15)17-6-5-11-21-13-26-17/h7-10,12,17,21H,5-6,11,13H2,1-4H3/b10-8+. The topological polar surface area (TPSA) is 74.5 Å². The molecule has 1 aromatic carbocycles. The van der Waals surface area contributed by atoms with Gasteiger partial charge >= 0.3 is 11.7 Å². The average molecular weight is 373 g/mol. The summed E-state index contributed by atoms with van der Waals surface area (Å²) < 4.78 is 14.4. The summed E-state index contributed by atoms with van der Waals surface area (Å²) in [6.07, 6.45) is 4.55. The summed E-state index contributed by atoms with van der Waals surface area (Å²) >= 11 is 0. The fourth-order valence-corrected chi connectivity index (χ4v) is 3.18. The maximum atomic E-state index is 12.8. The van der Waals surface area contributed by atoms with Crippen molar-refractivity contribution in [3.05, 3.63) is 40.3 Å². The van der Waals surface area contributed by atoms with Crippen LogP contribution in [-0.2, 0) is 21.3 Å². The van der Waals surface area contributed by atoms with E-state index in [2.05, 4.69) is 5.32 Å². The molecule has 1 fully saturated rings. The molecule has 1 unspecified atom stereocenters. The Bertz CT molecular complexity index is 910. The number of carbonyl (C=O) groups is 1. The zero-order valence-corrected chi connectivity index (χ0v) is 16.3. The number of imidazole rings is 1. The second-order valence-corrected chi connectivity index (χ2v) is 7.73. The van der Waals surface area contributed by atoms with E-state index >= 15 is 0 Å². The number of benzene rings is 1. The molecule has 0 bridgehead atoms. The summed E-state index contributed by atoms with van der Waals surface area (Å²) in [4.78, 5) is 24.6. The summed E-state index contributed by atoms with van der Waals surface area (Å²) in [6.45, 7) is 6.80. The van der Waals surface area contributed by atoms with Gasteiger partial charge in [0.05, 0.1) is 17.8 Å². The van der Waals surface area contributed by atoms with Gasteiger partial charge in [0.15, 0.2) is 0 Å². The largest absolute Gasteiger partial charge is 0.457 e. The van der Waals surface area contributed by atoms with Crippen molar-refractivity contribution in [3.8, 4) is 0 Å². The summed E-state index contributed by atoms with van der Waals surface area (Å²) in [5.74, 6) is -0.395. The Kier molecular flexibility index (Phi) is 5.53. The maximum absolute atomic E-state index is 12.8. The number of aryl methyl sites for hydroxylation is 1. The molecule has 0 saturated carbocycles. The molecule has 146 valence electrons. The molecule has 1 saturated heterocycles. The van der Waals surface area contributed by atoms with Crippen LogP contribution in [-0.4, -0.2) is 34.0 Å². The van der Waals surface area contributed by atoms with Crippen molar-refractivity contribution in [2.24, 2.45) is 7.05 Å². The number of esters is 1. The van der Waals surface area contributed by atoms with Gasteiger partial charge in [0, 0.05) is 13.1 Å². The minimum atomic E-state index is -0.528. The summed E-state index contributed by atoms with van der Waals surface area (Å²) in [7, 11) is 1.75. The molecule has 27 heavy (non-hydrogen) atoms. The van der Waals surface area contributed by atoms with Crippen LogP contribution in [0.4, 0.5) is 0 Å². The van der Waals surface area contributed by atoms with E-state index < -0.39 is 11.6 Å². The smallest absolute Gasteiger partial charge is 0.331 e. The highest BCUT2D eigenvalue weighted by atomic mass is 16.6. The van der Waals surface area contributed by atoms with Crippen LogP contribution in [0.1, 0.15) is 45.4 Å². The predicted octanol–water partition coefficient (Wildman–Crippen LogP) is 2.55. The number of hydrogen-bond donors (Lipinski definition) is 1. The maximum Gasteiger partial charge on any atom is 0.331 e. The Labute approximate surface area is 158 Å². The van der Waals surface area contributed by atoms with Crippen molar-refractivity contribution in [1.82, 2.24) is 14.5 Å². The Morgan fingerprint density at radius 3 is 2.85 bits per heavy atom. The highest BCUT2D eigenvalue weighted by Crippen LogP contribution is 2.23. The van der Waals surface area contributed by atoms with Crippen molar-refractivity contribution in [2.75, 3.05) is 13.3 Å². The van der Waals surface area contributed by atoms with Crippen LogP contribution in [0.3, 0.4) is 0 Å². The van der Waals surface area contributed by atoms with Crippen LogP contribution in [0, 0.1) is 0 Å². The highest BCUT2D eigenvalue weighted by molar-refractivity contribution is 5.88. The Hall–Kier alpha value is -2.38. The van der Waals surface area contributed by atoms with E-state index in [1.165, 1.54) is 6.08 Å². The van der Waals surface area contributed by atoms with Crippen molar-refractivity contribution in [2.45, 2.75) is 45.4 Å². The molecule has 7 heteroatoms. The van der Waals surface area contributed by atoms with Crippen LogP contribution in [0.5, 0.6) is 0 Å². The van der Waals surface area contributed by atoms with Crippen LogP contribution in [0.2, 0.25) is 0 Å². The fourth-order valence-electron chi connectivity index (χ4n) is 3.18. The number of nitrogens with one attached hydrogen (secondary N) is 1. The average Bonchev–Trinajstić information content (AvgIpc) is 2.78. The zero-order chi connectivity index (χ0) is 19.6. The highest BCUT2D eigenvalue weighted by Gasteiger charge is 2.21. The summed E-state index contributed by atoms with van der Waals surface area (Å²) in [5, 5.41) is 3.18. The Morgan fingerprint density at radius 1 is 1.33 bits per heavy atom. The van der Waals surface area contributed by atoms with Crippen molar-refractivity contribution >= 4 is 23.1 Å². The van der Waals surface area contributed by atoms with E-state index in [4.69, 9.17) is 9.47 Å². The van der Waals surface area contributed by atoms with E-state index in [1.54, 1.807) is 22.3 Å². The molecule has 0 amide bonds. The van der Waals surface area contributed by atoms with Gasteiger partial charge in [0.1, 0.15) is 11.8 Å². The molecule has 7 nitrogen and oxygen atoms in total. The van der Waals surface area contributed by atoms with E-state index in [0.717, 1.165) is 36.0 Å². The second-order valence-electron chi connectivity index (χ2n) is 7.73. The molecule has 1 aliphatic heterocycles. The molecule has 1 aromatic heterocycles.